The van der Waals surface area contributed by atoms with Crippen molar-refractivity contribution in [1.29, 1.82) is 0 Å². The average Bonchev–Trinajstić information content (AvgIpc) is 2.63. The summed E-state index contributed by atoms with van der Waals surface area (Å²) < 4.78 is 8.28. The number of unbranched alkanes of at least 4 members (excludes halogenated alkanes) is 1. The fourth-order valence-corrected chi connectivity index (χ4v) is 3.07. The van der Waals surface area contributed by atoms with Crippen LogP contribution in [0.15, 0.2) is 18.2 Å². The molecule has 0 spiro atoms. The summed E-state index contributed by atoms with van der Waals surface area (Å²) in [6, 6.07) is 6.89. The van der Waals surface area contributed by atoms with Crippen molar-refractivity contribution in [3.05, 3.63) is 29.3 Å². The van der Waals surface area contributed by atoms with E-state index in [-0.39, 0.29) is 0 Å². The molecule has 1 aromatic rings. The molecule has 0 atom stereocenters. The lowest BCUT2D eigenvalue weighted by Crippen LogP contribution is -2.43. The number of nitrogens with zero attached hydrogens (tertiary/aromatic N) is 2. The highest BCUT2D eigenvalue weighted by Gasteiger charge is 2.22. The van der Waals surface area contributed by atoms with Gasteiger partial charge in [0.25, 0.3) is 0 Å². The van der Waals surface area contributed by atoms with E-state index >= 15 is 0 Å². The Bertz CT molecular complexity index is 505. The zero-order valence-electron chi connectivity index (χ0n) is 17.9. The molecule has 0 amide bonds. The van der Waals surface area contributed by atoms with Crippen molar-refractivity contribution in [2.45, 2.75) is 60.5 Å². The first kappa shape index (κ1) is 22.0. The minimum Gasteiger partial charge on any atom is -0.493 e. The maximum Gasteiger partial charge on any atom is 0.128 e. The molecule has 0 aliphatic heterocycles. The summed E-state index contributed by atoms with van der Waals surface area (Å²) in [6.07, 6.45) is 2.30. The minimum atomic E-state index is 0.822. The first-order valence-corrected chi connectivity index (χ1v) is 10.3. The van der Waals surface area contributed by atoms with Crippen LogP contribution in [0.2, 0.25) is 0 Å². The Hall–Kier alpha value is -1.06. The lowest BCUT2D eigenvalue weighted by atomic mass is 10.1. The third-order valence-electron chi connectivity index (χ3n) is 6.05. The second-order valence-corrected chi connectivity index (χ2v) is 7.96. The molecule has 0 unspecified atom stereocenters. The molecule has 0 bridgehead atoms. The molecule has 0 radical (unpaired) electrons. The van der Waals surface area contributed by atoms with Gasteiger partial charge >= 0.3 is 0 Å². The fraction of sp³-hybridized carbons (Fsp3) is 0.727. The Morgan fingerprint density at radius 3 is 1.88 bits per heavy atom. The summed E-state index contributed by atoms with van der Waals surface area (Å²) in [5.74, 6) is 1.09. The number of rotatable bonds is 12. The van der Waals surface area contributed by atoms with Crippen LogP contribution in [0.25, 0.3) is 0 Å². The third-order valence-corrected chi connectivity index (χ3v) is 6.05. The van der Waals surface area contributed by atoms with Crippen LogP contribution < -0.4 is 4.74 Å². The predicted octanol–water partition coefficient (Wildman–Crippen LogP) is 4.84. The molecule has 0 aromatic heterocycles. The monoisotopic (exact) mass is 350 g/mol. The standard InChI is InChI=1S/C22H42N2O/c1-8-13-16-25-22-15-14-20(18-23(6,9-2)10-3)17-21(22)19-24(7,11-4)12-5/h14-15,17H,8-13,16,18-19H2,1-7H3/q+2. The van der Waals surface area contributed by atoms with E-state index in [0.29, 0.717) is 0 Å². The minimum absolute atomic E-state index is 0.822. The highest BCUT2D eigenvalue weighted by molar-refractivity contribution is 5.36. The molecule has 3 nitrogen and oxygen atoms in total. The second kappa shape index (κ2) is 10.2. The van der Waals surface area contributed by atoms with Crippen molar-refractivity contribution in [3.63, 3.8) is 0 Å². The van der Waals surface area contributed by atoms with Crippen LogP contribution in [0.4, 0.5) is 0 Å². The molecule has 0 heterocycles. The van der Waals surface area contributed by atoms with Crippen LogP contribution in [0.5, 0.6) is 5.75 Å². The maximum absolute atomic E-state index is 6.14. The average molecular weight is 351 g/mol. The van der Waals surface area contributed by atoms with Gasteiger partial charge < -0.3 is 13.7 Å². The van der Waals surface area contributed by atoms with E-state index in [0.717, 1.165) is 67.0 Å². The Kier molecular flexibility index (Phi) is 8.95. The van der Waals surface area contributed by atoms with Crippen molar-refractivity contribution >= 4 is 0 Å². The summed E-state index contributed by atoms with van der Waals surface area (Å²) in [6.45, 7) is 18.9. The highest BCUT2D eigenvalue weighted by atomic mass is 16.5. The van der Waals surface area contributed by atoms with E-state index < -0.39 is 0 Å². The van der Waals surface area contributed by atoms with Crippen LogP contribution in [0.3, 0.4) is 0 Å². The zero-order valence-corrected chi connectivity index (χ0v) is 17.9. The van der Waals surface area contributed by atoms with Crippen LogP contribution in [0, 0.1) is 0 Å². The zero-order chi connectivity index (χ0) is 18.9. The first-order chi connectivity index (χ1) is 11.8. The number of ether oxygens (including phenoxy) is 1. The Morgan fingerprint density at radius 1 is 0.800 bits per heavy atom. The van der Waals surface area contributed by atoms with Crippen molar-refractivity contribution in [1.82, 2.24) is 0 Å². The molecular weight excluding hydrogens is 308 g/mol. The molecule has 144 valence electrons. The normalized spacial score (nSPS) is 12.4. The first-order valence-electron chi connectivity index (χ1n) is 10.3. The van der Waals surface area contributed by atoms with Crippen LogP contribution in [0.1, 0.15) is 58.6 Å². The van der Waals surface area contributed by atoms with Gasteiger partial charge in [-0.3, -0.25) is 0 Å². The molecule has 0 saturated heterocycles. The van der Waals surface area contributed by atoms with Crippen molar-refractivity contribution in [2.24, 2.45) is 0 Å². The molecule has 1 rings (SSSR count). The highest BCUT2D eigenvalue weighted by Crippen LogP contribution is 2.26. The number of hydrogen-bond donors (Lipinski definition) is 0. The third kappa shape index (κ3) is 6.63. The fourth-order valence-electron chi connectivity index (χ4n) is 3.07. The summed E-state index contributed by atoms with van der Waals surface area (Å²) in [5.41, 5.74) is 2.81. The number of quaternary nitrogens is 2. The maximum atomic E-state index is 6.14. The Balaban J connectivity index is 3.09. The van der Waals surface area contributed by atoms with E-state index in [4.69, 9.17) is 4.74 Å². The van der Waals surface area contributed by atoms with Crippen LogP contribution >= 0.6 is 0 Å². The molecule has 0 N–H and O–H groups in total. The molecule has 0 fully saturated rings. The van der Waals surface area contributed by atoms with Crippen LogP contribution in [-0.4, -0.2) is 55.8 Å². The molecule has 3 heteroatoms. The Labute approximate surface area is 156 Å². The van der Waals surface area contributed by atoms with E-state index in [1.807, 2.05) is 0 Å². The van der Waals surface area contributed by atoms with Gasteiger partial charge in [-0.1, -0.05) is 13.3 Å². The lowest BCUT2D eigenvalue weighted by molar-refractivity contribution is -0.919. The largest absolute Gasteiger partial charge is 0.493 e. The quantitative estimate of drug-likeness (QED) is 0.387. The van der Waals surface area contributed by atoms with Gasteiger partial charge in [-0.25, -0.2) is 0 Å². The summed E-state index contributed by atoms with van der Waals surface area (Å²) in [4.78, 5) is 0. The predicted molar refractivity (Wildman–Crippen MR) is 109 cm³/mol. The molecular formula is C22H42N2O+2. The SMILES string of the molecule is CCCCOc1ccc(C[N+](C)(CC)CC)cc1C[N+](C)(CC)CC. The van der Waals surface area contributed by atoms with Gasteiger partial charge in [0.1, 0.15) is 18.8 Å². The van der Waals surface area contributed by atoms with Crippen molar-refractivity contribution in [2.75, 3.05) is 46.9 Å². The van der Waals surface area contributed by atoms with Gasteiger partial charge in [0.15, 0.2) is 0 Å². The van der Waals surface area contributed by atoms with Gasteiger partial charge in [-0.2, -0.15) is 0 Å². The van der Waals surface area contributed by atoms with E-state index in [9.17, 15) is 0 Å². The number of benzene rings is 1. The molecule has 0 saturated carbocycles. The van der Waals surface area contributed by atoms with Gasteiger partial charge in [0, 0.05) is 11.1 Å². The molecule has 1 aromatic carbocycles. The summed E-state index contributed by atoms with van der Waals surface area (Å²) in [5, 5.41) is 0. The van der Waals surface area contributed by atoms with E-state index in [1.54, 1.807) is 0 Å². The van der Waals surface area contributed by atoms with E-state index in [1.165, 1.54) is 17.5 Å². The Morgan fingerprint density at radius 2 is 1.36 bits per heavy atom. The summed E-state index contributed by atoms with van der Waals surface area (Å²) >= 11 is 0. The van der Waals surface area contributed by atoms with Gasteiger partial charge in [0.05, 0.1) is 46.9 Å². The van der Waals surface area contributed by atoms with Crippen LogP contribution in [-0.2, 0) is 13.1 Å². The second-order valence-electron chi connectivity index (χ2n) is 7.96. The van der Waals surface area contributed by atoms with Gasteiger partial charge in [-0.15, -0.1) is 0 Å². The molecule has 0 aliphatic rings. The van der Waals surface area contributed by atoms with Crippen molar-refractivity contribution < 1.29 is 13.7 Å². The lowest BCUT2D eigenvalue weighted by Gasteiger charge is -2.34. The summed E-state index contributed by atoms with van der Waals surface area (Å²) in [7, 11) is 4.70. The van der Waals surface area contributed by atoms with Gasteiger partial charge in [-0.05, 0) is 52.3 Å². The molecule has 0 aliphatic carbocycles. The van der Waals surface area contributed by atoms with Gasteiger partial charge in [0.2, 0.25) is 0 Å². The van der Waals surface area contributed by atoms with E-state index in [2.05, 4.69) is 66.9 Å². The number of hydrogen-bond acceptors (Lipinski definition) is 1. The topological polar surface area (TPSA) is 9.23 Å². The van der Waals surface area contributed by atoms with Crippen molar-refractivity contribution in [3.8, 4) is 5.75 Å². The molecule has 25 heavy (non-hydrogen) atoms. The smallest absolute Gasteiger partial charge is 0.128 e.